The summed E-state index contributed by atoms with van der Waals surface area (Å²) in [5.41, 5.74) is 0.598. The van der Waals surface area contributed by atoms with Crippen LogP contribution >= 0.6 is 0 Å². The summed E-state index contributed by atoms with van der Waals surface area (Å²) in [5, 5.41) is 20.5. The van der Waals surface area contributed by atoms with Crippen LogP contribution in [-0.2, 0) is 26.5 Å². The summed E-state index contributed by atoms with van der Waals surface area (Å²) in [6.07, 6.45) is 1.40. The van der Waals surface area contributed by atoms with Crippen molar-refractivity contribution in [3.8, 4) is 23.4 Å². The molecule has 238 valence electrons. The van der Waals surface area contributed by atoms with Crippen LogP contribution in [0, 0.1) is 18.3 Å². The maximum Gasteiger partial charge on any atom is 0.351 e. The summed E-state index contributed by atoms with van der Waals surface area (Å²) in [6, 6.07) is 24.7. The second kappa shape index (κ2) is 15.4. The summed E-state index contributed by atoms with van der Waals surface area (Å²) >= 11 is 0. The van der Waals surface area contributed by atoms with E-state index in [4.69, 9.17) is 24.2 Å². The van der Waals surface area contributed by atoms with Crippen molar-refractivity contribution in [1.29, 1.82) is 5.26 Å². The number of rotatable bonds is 14. The Balaban J connectivity index is 1.72. The number of aryl methyl sites for hydroxylation is 1. The first-order valence-corrected chi connectivity index (χ1v) is 14.3. The SMILES string of the molecule is COc1ccc(C(Oc2nc(=O)n(CC(=O)N[C@@H](CO)C(=O)OCCC#N)cc2C)(c2ccccc2)c2ccc(OC)cc2)cc1. The molecule has 12 nitrogen and oxygen atoms in total. The predicted octanol–water partition coefficient (Wildman–Crippen LogP) is 2.87. The molecule has 0 unspecified atom stereocenters. The van der Waals surface area contributed by atoms with E-state index in [1.165, 1.54) is 6.20 Å². The van der Waals surface area contributed by atoms with Crippen LogP contribution in [0.25, 0.3) is 0 Å². The Morgan fingerprint density at radius 3 is 2.04 bits per heavy atom. The fourth-order valence-corrected chi connectivity index (χ4v) is 4.82. The van der Waals surface area contributed by atoms with Gasteiger partial charge in [-0.25, -0.2) is 9.59 Å². The molecule has 1 atom stereocenters. The number of methoxy groups -OCH3 is 2. The summed E-state index contributed by atoms with van der Waals surface area (Å²) in [6.45, 7) is 0.296. The second-order valence-electron chi connectivity index (χ2n) is 10.1. The van der Waals surface area contributed by atoms with Gasteiger partial charge in [-0.2, -0.15) is 10.2 Å². The molecule has 3 aromatic carbocycles. The highest BCUT2D eigenvalue weighted by molar-refractivity contribution is 5.84. The minimum atomic E-state index is -1.36. The third kappa shape index (κ3) is 7.51. The predicted molar refractivity (Wildman–Crippen MR) is 166 cm³/mol. The fraction of sp³-hybridized carbons (Fsp3) is 0.265. The molecule has 4 aromatic rings. The summed E-state index contributed by atoms with van der Waals surface area (Å²) in [7, 11) is 3.16. The molecule has 0 bridgehead atoms. The maximum absolute atomic E-state index is 13.2. The summed E-state index contributed by atoms with van der Waals surface area (Å²) < 4.78 is 23.5. The van der Waals surface area contributed by atoms with Gasteiger partial charge in [-0.15, -0.1) is 0 Å². The van der Waals surface area contributed by atoms with Crippen LogP contribution in [-0.4, -0.2) is 60.0 Å². The van der Waals surface area contributed by atoms with Crippen molar-refractivity contribution < 1.29 is 33.6 Å². The van der Waals surface area contributed by atoms with Gasteiger partial charge in [0.25, 0.3) is 0 Å². The highest BCUT2D eigenvalue weighted by Gasteiger charge is 2.40. The molecule has 1 amide bonds. The van der Waals surface area contributed by atoms with Crippen molar-refractivity contribution in [2.75, 3.05) is 27.4 Å². The minimum Gasteiger partial charge on any atom is -0.497 e. The Labute approximate surface area is 265 Å². The Hall–Kier alpha value is -5.67. The molecule has 0 spiro atoms. The zero-order valence-corrected chi connectivity index (χ0v) is 25.6. The molecule has 2 N–H and O–H groups in total. The number of aromatic nitrogens is 2. The number of nitriles is 1. The number of hydrogen-bond donors (Lipinski definition) is 2. The number of aliphatic hydroxyl groups excluding tert-OH is 1. The van der Waals surface area contributed by atoms with Crippen LogP contribution in [0.5, 0.6) is 17.4 Å². The lowest BCUT2D eigenvalue weighted by Gasteiger charge is -2.36. The highest BCUT2D eigenvalue weighted by Crippen LogP contribution is 2.42. The van der Waals surface area contributed by atoms with Crippen LogP contribution in [0.1, 0.15) is 28.7 Å². The lowest BCUT2D eigenvalue weighted by Crippen LogP contribution is -2.46. The zero-order valence-electron chi connectivity index (χ0n) is 25.6. The third-order valence-corrected chi connectivity index (χ3v) is 7.13. The van der Waals surface area contributed by atoms with Crippen LogP contribution in [0.2, 0.25) is 0 Å². The van der Waals surface area contributed by atoms with Crippen molar-refractivity contribution in [2.45, 2.75) is 31.5 Å². The molecular weight excluding hydrogens is 592 g/mol. The maximum atomic E-state index is 13.2. The number of nitrogens with zero attached hydrogens (tertiary/aromatic N) is 3. The zero-order chi connectivity index (χ0) is 33.1. The average Bonchev–Trinajstić information content (AvgIpc) is 3.08. The molecule has 0 radical (unpaired) electrons. The highest BCUT2D eigenvalue weighted by atomic mass is 16.5. The number of hydrogen-bond acceptors (Lipinski definition) is 10. The van der Waals surface area contributed by atoms with Gasteiger partial charge >= 0.3 is 11.7 Å². The van der Waals surface area contributed by atoms with E-state index in [2.05, 4.69) is 10.3 Å². The molecule has 0 saturated carbocycles. The molecule has 12 heteroatoms. The van der Waals surface area contributed by atoms with E-state index < -0.39 is 42.4 Å². The number of amides is 1. The smallest absolute Gasteiger partial charge is 0.351 e. The quantitative estimate of drug-likeness (QED) is 0.121. The van der Waals surface area contributed by atoms with Crippen LogP contribution in [0.15, 0.2) is 89.9 Å². The fourth-order valence-electron chi connectivity index (χ4n) is 4.82. The van der Waals surface area contributed by atoms with E-state index in [1.54, 1.807) is 21.1 Å². The number of aliphatic hydroxyl groups is 1. The van der Waals surface area contributed by atoms with Crippen molar-refractivity contribution in [1.82, 2.24) is 14.9 Å². The normalized spacial score (nSPS) is 11.5. The first-order chi connectivity index (χ1) is 22.2. The lowest BCUT2D eigenvalue weighted by molar-refractivity contribution is -0.149. The number of benzene rings is 3. The van der Waals surface area contributed by atoms with Crippen molar-refractivity contribution in [3.63, 3.8) is 0 Å². The molecule has 1 heterocycles. The van der Waals surface area contributed by atoms with E-state index in [0.717, 1.165) is 21.3 Å². The van der Waals surface area contributed by atoms with Gasteiger partial charge in [0.1, 0.15) is 24.7 Å². The van der Waals surface area contributed by atoms with E-state index in [-0.39, 0.29) is 18.9 Å². The third-order valence-electron chi connectivity index (χ3n) is 7.13. The molecule has 0 aliphatic heterocycles. The van der Waals surface area contributed by atoms with E-state index >= 15 is 0 Å². The number of nitrogens with one attached hydrogen (secondary N) is 1. The van der Waals surface area contributed by atoms with E-state index in [0.29, 0.717) is 17.1 Å². The molecular formula is C34H34N4O8. The molecule has 0 aliphatic rings. The number of carbonyl (C=O) groups excluding carboxylic acids is 2. The summed E-state index contributed by atoms with van der Waals surface area (Å²) in [4.78, 5) is 42.3. The monoisotopic (exact) mass is 626 g/mol. The number of carbonyl (C=O) groups is 2. The van der Waals surface area contributed by atoms with Gasteiger partial charge < -0.3 is 29.4 Å². The topological polar surface area (TPSA) is 162 Å². The standard InChI is InChI=1S/C34H34N4O8/c1-23-20-38(21-30(40)36-29(22-39)32(41)45-19-7-18-35)33(42)37-31(23)46-34(24-8-5-4-6-9-24,25-10-14-27(43-2)15-11-25)26-12-16-28(44-3)17-13-26/h4-6,8-17,20,29,39H,7,19,21-22H2,1-3H3,(H,36,40)/t29-/m0/s1. The van der Waals surface area contributed by atoms with Crippen LogP contribution < -0.4 is 25.2 Å². The Morgan fingerprint density at radius 2 is 1.52 bits per heavy atom. The minimum absolute atomic E-state index is 0.0327. The number of ether oxygens (including phenoxy) is 4. The average molecular weight is 627 g/mol. The van der Waals surface area contributed by atoms with E-state index in [9.17, 15) is 19.5 Å². The Bertz CT molecular complexity index is 1690. The van der Waals surface area contributed by atoms with Gasteiger partial charge in [0.05, 0.1) is 33.3 Å². The summed E-state index contributed by atoms with van der Waals surface area (Å²) in [5.74, 6) is -0.301. The van der Waals surface area contributed by atoms with Gasteiger partial charge in [-0.05, 0) is 31.2 Å². The van der Waals surface area contributed by atoms with Crippen molar-refractivity contribution >= 4 is 11.9 Å². The van der Waals surface area contributed by atoms with Gasteiger partial charge in [-0.1, -0.05) is 54.6 Å². The lowest BCUT2D eigenvalue weighted by atomic mass is 9.80. The van der Waals surface area contributed by atoms with Gasteiger partial charge in [0.2, 0.25) is 11.8 Å². The first kappa shape index (κ1) is 33.2. The molecule has 4 rings (SSSR count). The molecule has 0 aliphatic carbocycles. The van der Waals surface area contributed by atoms with E-state index in [1.807, 2.05) is 84.9 Å². The van der Waals surface area contributed by atoms with Crippen LogP contribution in [0.4, 0.5) is 0 Å². The van der Waals surface area contributed by atoms with Gasteiger partial charge in [0.15, 0.2) is 11.6 Å². The Kier molecular flexibility index (Phi) is 11.1. The van der Waals surface area contributed by atoms with Gasteiger partial charge in [-0.3, -0.25) is 9.36 Å². The molecule has 46 heavy (non-hydrogen) atoms. The molecule has 0 saturated heterocycles. The second-order valence-corrected chi connectivity index (χ2v) is 10.1. The van der Waals surface area contributed by atoms with Gasteiger partial charge in [0, 0.05) is 28.5 Å². The first-order valence-electron chi connectivity index (χ1n) is 14.3. The van der Waals surface area contributed by atoms with Crippen LogP contribution in [0.3, 0.4) is 0 Å². The number of esters is 1. The molecule has 1 aromatic heterocycles. The molecule has 0 fully saturated rings. The Morgan fingerprint density at radius 1 is 0.957 bits per heavy atom. The van der Waals surface area contributed by atoms with Crippen molar-refractivity contribution in [3.05, 3.63) is 118 Å². The largest absolute Gasteiger partial charge is 0.497 e. The van der Waals surface area contributed by atoms with Crippen molar-refractivity contribution in [2.24, 2.45) is 0 Å².